The van der Waals surface area contributed by atoms with Crippen LogP contribution < -0.4 is 0 Å². The van der Waals surface area contributed by atoms with Gasteiger partial charge in [0.05, 0.1) is 26.1 Å². The molecule has 4 heteroatoms. The van der Waals surface area contributed by atoms with Crippen LogP contribution in [0.1, 0.15) is 35.8 Å². The zero-order valence-corrected chi connectivity index (χ0v) is 10.5. The Balaban J connectivity index is 2.40. The summed E-state index contributed by atoms with van der Waals surface area (Å²) in [6, 6.07) is 7.50. The number of carbonyl (C=O) groups excluding carboxylic acids is 2. The molecule has 0 amide bonds. The van der Waals surface area contributed by atoms with Gasteiger partial charge in [-0.3, -0.25) is 9.59 Å². The fourth-order valence-electron chi connectivity index (χ4n) is 2.56. The van der Waals surface area contributed by atoms with Gasteiger partial charge in [0.1, 0.15) is 0 Å². The Morgan fingerprint density at radius 1 is 0.944 bits per heavy atom. The monoisotopic (exact) mass is 248 g/mol. The first-order chi connectivity index (χ1) is 8.69. The highest BCUT2D eigenvalue weighted by Crippen LogP contribution is 2.39. The molecular formula is C14H16O4. The van der Waals surface area contributed by atoms with Crippen molar-refractivity contribution in [3.8, 4) is 0 Å². The third-order valence-corrected chi connectivity index (χ3v) is 3.46. The van der Waals surface area contributed by atoms with E-state index in [1.807, 2.05) is 24.3 Å². The quantitative estimate of drug-likeness (QED) is 0.751. The first-order valence-corrected chi connectivity index (χ1v) is 5.93. The fourth-order valence-corrected chi connectivity index (χ4v) is 2.56. The molecule has 0 fully saturated rings. The van der Waals surface area contributed by atoms with Crippen molar-refractivity contribution in [3.05, 3.63) is 35.4 Å². The van der Waals surface area contributed by atoms with Crippen molar-refractivity contribution in [1.29, 1.82) is 0 Å². The summed E-state index contributed by atoms with van der Waals surface area (Å²) >= 11 is 0. The molecule has 2 unspecified atom stereocenters. The molecule has 0 aliphatic heterocycles. The Morgan fingerprint density at radius 3 is 1.67 bits per heavy atom. The molecule has 2 rings (SSSR count). The van der Waals surface area contributed by atoms with E-state index in [0.29, 0.717) is 12.8 Å². The molecule has 0 bridgehead atoms. The zero-order valence-electron chi connectivity index (χ0n) is 10.5. The van der Waals surface area contributed by atoms with Crippen molar-refractivity contribution in [1.82, 2.24) is 0 Å². The van der Waals surface area contributed by atoms with Gasteiger partial charge in [0.25, 0.3) is 0 Å². The van der Waals surface area contributed by atoms with Gasteiger partial charge in [-0.25, -0.2) is 0 Å². The number of carbonyl (C=O) groups is 2. The molecule has 0 heterocycles. The summed E-state index contributed by atoms with van der Waals surface area (Å²) in [5.74, 6) is -1.03. The van der Waals surface area contributed by atoms with Gasteiger partial charge < -0.3 is 9.47 Å². The van der Waals surface area contributed by atoms with Crippen LogP contribution in [0.25, 0.3) is 0 Å². The van der Waals surface area contributed by atoms with E-state index in [1.165, 1.54) is 14.2 Å². The summed E-state index contributed by atoms with van der Waals surface area (Å²) in [7, 11) is 2.77. The minimum Gasteiger partial charge on any atom is -0.469 e. The summed E-state index contributed by atoms with van der Waals surface area (Å²) in [4.78, 5) is 23.5. The van der Waals surface area contributed by atoms with E-state index in [0.717, 1.165) is 11.1 Å². The van der Waals surface area contributed by atoms with E-state index in [2.05, 4.69) is 0 Å². The fraction of sp³-hybridized carbons (Fsp3) is 0.429. The Kier molecular flexibility index (Phi) is 3.65. The molecule has 4 nitrogen and oxygen atoms in total. The van der Waals surface area contributed by atoms with Crippen LogP contribution in [0.2, 0.25) is 0 Å². The van der Waals surface area contributed by atoms with Crippen molar-refractivity contribution >= 4 is 11.9 Å². The summed E-state index contributed by atoms with van der Waals surface area (Å²) in [6.07, 6.45) is 1.23. The van der Waals surface area contributed by atoms with E-state index in [1.54, 1.807) is 0 Å². The maximum Gasteiger partial charge on any atom is 0.313 e. The van der Waals surface area contributed by atoms with Crippen molar-refractivity contribution in [2.24, 2.45) is 0 Å². The van der Waals surface area contributed by atoms with E-state index < -0.39 is 0 Å². The highest BCUT2D eigenvalue weighted by molar-refractivity contribution is 5.83. The minimum absolute atomic E-state index is 0.245. The lowest BCUT2D eigenvalue weighted by Crippen LogP contribution is -2.26. The lowest BCUT2D eigenvalue weighted by molar-refractivity contribution is -0.145. The molecule has 1 aromatic carbocycles. The van der Waals surface area contributed by atoms with Gasteiger partial charge in [-0.05, 0) is 24.0 Å². The molecule has 0 spiro atoms. The summed E-state index contributed by atoms with van der Waals surface area (Å²) in [5.41, 5.74) is 1.76. The maximum absolute atomic E-state index is 11.7. The van der Waals surface area contributed by atoms with Crippen molar-refractivity contribution in [3.63, 3.8) is 0 Å². The molecule has 0 radical (unpaired) electrons. The van der Waals surface area contributed by atoms with Gasteiger partial charge in [0.15, 0.2) is 0 Å². The predicted octanol–water partition coefficient (Wildman–Crippen LogP) is 1.99. The standard InChI is InChI=1S/C14H16O4/c1-17-13(15)11-7-8-12(14(16)18-2)10-6-4-3-5-9(10)11/h3-6,11-12H,7-8H2,1-2H3. The number of methoxy groups -OCH3 is 2. The SMILES string of the molecule is COC(=O)C1CCC(C(=O)OC)c2ccccc21. The van der Waals surface area contributed by atoms with Gasteiger partial charge in [-0.2, -0.15) is 0 Å². The van der Waals surface area contributed by atoms with Gasteiger partial charge in [-0.1, -0.05) is 24.3 Å². The lowest BCUT2D eigenvalue weighted by Gasteiger charge is -2.28. The van der Waals surface area contributed by atoms with Crippen molar-refractivity contribution in [2.75, 3.05) is 14.2 Å². The number of hydrogen-bond acceptors (Lipinski definition) is 4. The van der Waals surface area contributed by atoms with Crippen molar-refractivity contribution in [2.45, 2.75) is 24.7 Å². The zero-order chi connectivity index (χ0) is 13.1. The Morgan fingerprint density at radius 2 is 1.33 bits per heavy atom. The summed E-state index contributed by atoms with van der Waals surface area (Å²) in [6.45, 7) is 0. The molecule has 2 atom stereocenters. The van der Waals surface area contributed by atoms with Gasteiger partial charge >= 0.3 is 11.9 Å². The molecule has 1 aliphatic carbocycles. The smallest absolute Gasteiger partial charge is 0.313 e. The predicted molar refractivity (Wildman–Crippen MR) is 65.2 cm³/mol. The van der Waals surface area contributed by atoms with Gasteiger partial charge in [-0.15, -0.1) is 0 Å². The molecule has 18 heavy (non-hydrogen) atoms. The van der Waals surface area contributed by atoms with Crippen molar-refractivity contribution < 1.29 is 19.1 Å². The average molecular weight is 248 g/mol. The third kappa shape index (κ3) is 2.10. The Labute approximate surface area is 106 Å². The highest BCUT2D eigenvalue weighted by Gasteiger charge is 2.35. The Hall–Kier alpha value is -1.84. The molecule has 0 N–H and O–H groups in total. The third-order valence-electron chi connectivity index (χ3n) is 3.46. The second kappa shape index (κ2) is 5.21. The van der Waals surface area contributed by atoms with E-state index in [9.17, 15) is 9.59 Å². The normalized spacial score (nSPS) is 21.9. The Bertz CT molecular complexity index is 424. The number of hydrogen-bond donors (Lipinski definition) is 0. The molecule has 1 aromatic rings. The van der Waals surface area contributed by atoms with Crippen LogP contribution in [0.4, 0.5) is 0 Å². The van der Waals surface area contributed by atoms with E-state index in [-0.39, 0.29) is 23.8 Å². The first kappa shape index (κ1) is 12.6. The second-order valence-electron chi connectivity index (χ2n) is 4.36. The highest BCUT2D eigenvalue weighted by atomic mass is 16.5. The topological polar surface area (TPSA) is 52.6 Å². The molecule has 96 valence electrons. The minimum atomic E-state index is -0.271. The lowest BCUT2D eigenvalue weighted by atomic mass is 9.76. The van der Waals surface area contributed by atoms with Gasteiger partial charge in [0.2, 0.25) is 0 Å². The van der Waals surface area contributed by atoms with Crippen LogP contribution in [0, 0.1) is 0 Å². The number of ether oxygens (including phenoxy) is 2. The number of esters is 2. The van der Waals surface area contributed by atoms with Gasteiger partial charge in [0, 0.05) is 0 Å². The van der Waals surface area contributed by atoms with Crippen LogP contribution >= 0.6 is 0 Å². The summed E-state index contributed by atoms with van der Waals surface area (Å²) in [5, 5.41) is 0. The molecular weight excluding hydrogens is 232 g/mol. The van der Waals surface area contributed by atoms with Crippen LogP contribution in [-0.2, 0) is 19.1 Å². The molecule has 0 saturated carbocycles. The number of benzene rings is 1. The first-order valence-electron chi connectivity index (χ1n) is 5.93. The van der Waals surface area contributed by atoms with Crippen LogP contribution in [0.15, 0.2) is 24.3 Å². The van der Waals surface area contributed by atoms with Crippen LogP contribution in [0.3, 0.4) is 0 Å². The number of fused-ring (bicyclic) bond motifs is 1. The van der Waals surface area contributed by atoms with E-state index >= 15 is 0 Å². The maximum atomic E-state index is 11.7. The van der Waals surface area contributed by atoms with Crippen LogP contribution in [0.5, 0.6) is 0 Å². The molecule has 0 aromatic heterocycles. The molecule has 0 saturated heterocycles. The number of rotatable bonds is 2. The van der Waals surface area contributed by atoms with Crippen LogP contribution in [-0.4, -0.2) is 26.2 Å². The largest absolute Gasteiger partial charge is 0.469 e. The second-order valence-corrected chi connectivity index (χ2v) is 4.36. The van der Waals surface area contributed by atoms with E-state index in [4.69, 9.17) is 9.47 Å². The summed E-state index contributed by atoms with van der Waals surface area (Å²) < 4.78 is 9.63. The average Bonchev–Trinajstić information content (AvgIpc) is 2.44. The molecule has 1 aliphatic rings.